The molecule has 1 rings (SSSR count). The highest BCUT2D eigenvalue weighted by Crippen LogP contribution is 2.03. The molecule has 0 saturated heterocycles. The van der Waals surface area contributed by atoms with Gasteiger partial charge in [-0.1, -0.05) is 35.4 Å². The van der Waals surface area contributed by atoms with Gasteiger partial charge in [0.25, 0.3) is 0 Å². The van der Waals surface area contributed by atoms with E-state index in [2.05, 4.69) is 10.0 Å². The van der Waals surface area contributed by atoms with E-state index >= 15 is 0 Å². The third-order valence-electron chi connectivity index (χ3n) is 2.32. The van der Waals surface area contributed by atoms with Crippen LogP contribution in [-0.4, -0.2) is 41.7 Å². The molecule has 0 fully saturated rings. The van der Waals surface area contributed by atoms with E-state index in [0.717, 1.165) is 10.5 Å². The van der Waals surface area contributed by atoms with Crippen molar-refractivity contribution in [2.24, 2.45) is 5.11 Å². The molecular weight excluding hydrogens is 264 g/mol. The molecule has 0 aliphatic heterocycles. The quantitative estimate of drug-likeness (QED) is 0.466. The van der Waals surface area contributed by atoms with E-state index in [-0.39, 0.29) is 19.7 Å². The monoisotopic (exact) mass is 278 g/mol. The third kappa shape index (κ3) is 5.74. The minimum absolute atomic E-state index is 0.00971. The zero-order valence-electron chi connectivity index (χ0n) is 10.7. The van der Waals surface area contributed by atoms with E-state index in [1.807, 2.05) is 6.07 Å². The summed E-state index contributed by atoms with van der Waals surface area (Å²) in [5.74, 6) is -1.16. The molecule has 0 saturated carbocycles. The fourth-order valence-corrected chi connectivity index (χ4v) is 1.42. The zero-order valence-corrected chi connectivity index (χ0v) is 10.7. The summed E-state index contributed by atoms with van der Waals surface area (Å²) in [4.78, 5) is 25.9. The SMILES string of the molecule is [N-]=[N+]=NCCN(CC(=O)O)C(=O)OCc1ccccc1. The predicted molar refractivity (Wildman–Crippen MR) is 69.8 cm³/mol. The number of azide groups is 1. The van der Waals surface area contributed by atoms with E-state index < -0.39 is 18.6 Å². The van der Waals surface area contributed by atoms with Gasteiger partial charge in [-0.05, 0) is 11.1 Å². The number of aliphatic carboxylic acids is 1. The van der Waals surface area contributed by atoms with Crippen LogP contribution in [0.4, 0.5) is 4.79 Å². The summed E-state index contributed by atoms with van der Waals surface area (Å²) in [5.41, 5.74) is 8.96. The van der Waals surface area contributed by atoms with Crippen molar-refractivity contribution >= 4 is 12.1 Å². The number of hydrogen-bond acceptors (Lipinski definition) is 4. The van der Waals surface area contributed by atoms with Gasteiger partial charge in [0, 0.05) is 18.0 Å². The van der Waals surface area contributed by atoms with Gasteiger partial charge in [-0.3, -0.25) is 9.69 Å². The van der Waals surface area contributed by atoms with Gasteiger partial charge in [0.1, 0.15) is 13.2 Å². The highest BCUT2D eigenvalue weighted by atomic mass is 16.6. The zero-order chi connectivity index (χ0) is 14.8. The van der Waals surface area contributed by atoms with Crippen molar-refractivity contribution in [2.75, 3.05) is 19.6 Å². The van der Waals surface area contributed by atoms with E-state index in [4.69, 9.17) is 15.4 Å². The van der Waals surface area contributed by atoms with E-state index in [1.165, 1.54) is 0 Å². The summed E-state index contributed by atoms with van der Waals surface area (Å²) in [7, 11) is 0. The molecule has 0 aliphatic carbocycles. The molecule has 20 heavy (non-hydrogen) atoms. The summed E-state index contributed by atoms with van der Waals surface area (Å²) in [6, 6.07) is 9.02. The van der Waals surface area contributed by atoms with Gasteiger partial charge < -0.3 is 9.84 Å². The van der Waals surface area contributed by atoms with E-state index in [1.54, 1.807) is 24.3 Å². The Morgan fingerprint density at radius 1 is 1.35 bits per heavy atom. The molecule has 1 aromatic rings. The van der Waals surface area contributed by atoms with Crippen molar-refractivity contribution in [3.8, 4) is 0 Å². The Bertz CT molecular complexity index is 499. The first-order valence-corrected chi connectivity index (χ1v) is 5.81. The van der Waals surface area contributed by atoms with Crippen molar-refractivity contribution in [3.63, 3.8) is 0 Å². The summed E-state index contributed by atoms with van der Waals surface area (Å²) in [6.07, 6.45) is -0.760. The van der Waals surface area contributed by atoms with Crippen molar-refractivity contribution in [3.05, 3.63) is 46.3 Å². The number of nitrogens with zero attached hydrogens (tertiary/aromatic N) is 4. The van der Waals surface area contributed by atoms with Crippen LogP contribution in [0.15, 0.2) is 35.4 Å². The molecule has 0 aromatic heterocycles. The van der Waals surface area contributed by atoms with Gasteiger partial charge in [0.15, 0.2) is 0 Å². The van der Waals surface area contributed by atoms with Crippen molar-refractivity contribution < 1.29 is 19.4 Å². The number of rotatable bonds is 7. The Hall–Kier alpha value is -2.73. The van der Waals surface area contributed by atoms with Crippen LogP contribution in [0.1, 0.15) is 5.56 Å². The molecule has 1 amide bonds. The normalized spacial score (nSPS) is 9.40. The number of carbonyl (C=O) groups is 2. The lowest BCUT2D eigenvalue weighted by molar-refractivity contribution is -0.138. The van der Waals surface area contributed by atoms with Crippen molar-refractivity contribution in [2.45, 2.75) is 6.61 Å². The second kappa shape index (κ2) is 8.39. The van der Waals surface area contributed by atoms with Crippen LogP contribution in [0.25, 0.3) is 10.4 Å². The van der Waals surface area contributed by atoms with Crippen LogP contribution in [-0.2, 0) is 16.1 Å². The Morgan fingerprint density at radius 3 is 2.65 bits per heavy atom. The lowest BCUT2D eigenvalue weighted by Crippen LogP contribution is -2.37. The maximum Gasteiger partial charge on any atom is 0.410 e. The molecule has 0 bridgehead atoms. The number of ether oxygens (including phenoxy) is 1. The van der Waals surface area contributed by atoms with Crippen LogP contribution < -0.4 is 0 Å². The number of carbonyl (C=O) groups excluding carboxylic acids is 1. The van der Waals surface area contributed by atoms with E-state index in [0.29, 0.717) is 0 Å². The van der Waals surface area contributed by atoms with Crippen molar-refractivity contribution in [1.82, 2.24) is 4.90 Å². The Labute approximate surface area is 115 Å². The smallest absolute Gasteiger partial charge is 0.410 e. The number of amides is 1. The molecule has 0 radical (unpaired) electrons. The maximum absolute atomic E-state index is 11.8. The van der Waals surface area contributed by atoms with Crippen LogP contribution in [0.5, 0.6) is 0 Å². The summed E-state index contributed by atoms with van der Waals surface area (Å²) >= 11 is 0. The van der Waals surface area contributed by atoms with Crippen LogP contribution in [0, 0.1) is 0 Å². The average molecular weight is 278 g/mol. The molecule has 0 atom stereocenters. The van der Waals surface area contributed by atoms with Crippen molar-refractivity contribution in [1.29, 1.82) is 0 Å². The Balaban J connectivity index is 2.53. The molecule has 0 aliphatic rings. The van der Waals surface area contributed by atoms with Gasteiger partial charge in [-0.25, -0.2) is 4.79 Å². The standard InChI is InChI=1S/C12H14N4O4/c13-15-14-6-7-16(8-11(17)18)12(19)20-9-10-4-2-1-3-5-10/h1-5H,6-9H2,(H,17,18). The number of carboxylic acids is 1. The van der Waals surface area contributed by atoms with Gasteiger partial charge >= 0.3 is 12.1 Å². The highest BCUT2D eigenvalue weighted by Gasteiger charge is 2.17. The molecule has 1 N–H and O–H groups in total. The Kier molecular flexibility index (Phi) is 6.43. The molecule has 0 spiro atoms. The van der Waals surface area contributed by atoms with E-state index in [9.17, 15) is 9.59 Å². The lowest BCUT2D eigenvalue weighted by atomic mass is 10.2. The Morgan fingerprint density at radius 2 is 2.05 bits per heavy atom. The van der Waals surface area contributed by atoms with Crippen LogP contribution in [0.3, 0.4) is 0 Å². The molecule has 0 heterocycles. The fourth-order valence-electron chi connectivity index (χ4n) is 1.42. The topological polar surface area (TPSA) is 116 Å². The minimum atomic E-state index is -1.16. The molecule has 8 heteroatoms. The number of hydrogen-bond donors (Lipinski definition) is 1. The molecule has 1 aromatic carbocycles. The summed E-state index contributed by atoms with van der Waals surface area (Å²) in [5, 5.41) is 12.0. The summed E-state index contributed by atoms with van der Waals surface area (Å²) < 4.78 is 5.01. The molecule has 8 nitrogen and oxygen atoms in total. The molecule has 0 unspecified atom stereocenters. The molecular formula is C12H14N4O4. The third-order valence-corrected chi connectivity index (χ3v) is 2.32. The number of carboxylic acid groups (broad SMARTS) is 1. The first kappa shape index (κ1) is 15.3. The van der Waals surface area contributed by atoms with Crippen LogP contribution >= 0.6 is 0 Å². The maximum atomic E-state index is 11.8. The fraction of sp³-hybridized carbons (Fsp3) is 0.333. The first-order chi connectivity index (χ1) is 9.63. The van der Waals surface area contributed by atoms with Gasteiger partial charge in [-0.15, -0.1) is 0 Å². The predicted octanol–water partition coefficient (Wildman–Crippen LogP) is 2.02. The molecule has 106 valence electrons. The second-order valence-electron chi connectivity index (χ2n) is 3.81. The second-order valence-corrected chi connectivity index (χ2v) is 3.81. The van der Waals surface area contributed by atoms with Gasteiger partial charge in [0.2, 0.25) is 0 Å². The van der Waals surface area contributed by atoms with Crippen LogP contribution in [0.2, 0.25) is 0 Å². The lowest BCUT2D eigenvalue weighted by Gasteiger charge is -2.19. The minimum Gasteiger partial charge on any atom is -0.480 e. The largest absolute Gasteiger partial charge is 0.480 e. The highest BCUT2D eigenvalue weighted by molar-refractivity contribution is 5.76. The summed E-state index contributed by atoms with van der Waals surface area (Å²) in [6.45, 7) is -0.472. The van der Waals surface area contributed by atoms with Gasteiger partial charge in [0.05, 0.1) is 0 Å². The average Bonchev–Trinajstić information content (AvgIpc) is 2.44. The number of benzene rings is 1. The van der Waals surface area contributed by atoms with Gasteiger partial charge in [-0.2, -0.15) is 0 Å². The first-order valence-electron chi connectivity index (χ1n) is 5.81.